The zero-order chi connectivity index (χ0) is 15.8. The number of rotatable bonds is 7. The first-order chi connectivity index (χ1) is 10.7. The molecule has 2 aromatic heterocycles. The molecule has 0 aliphatic rings. The monoisotopic (exact) mass is 358 g/mol. The van der Waals surface area contributed by atoms with E-state index in [0.717, 1.165) is 40.6 Å². The molecule has 120 valence electrons. The van der Waals surface area contributed by atoms with Crippen LogP contribution in [0.25, 0.3) is 0 Å². The first-order valence-electron chi connectivity index (χ1n) is 6.48. The van der Waals surface area contributed by atoms with Crippen LogP contribution in [0.1, 0.15) is 5.69 Å². The number of nitrogen functional groups attached to an aromatic ring is 1. The number of hydrogen-bond acceptors (Lipinski definition) is 9. The first kappa shape index (κ1) is 16.8. The van der Waals surface area contributed by atoms with Gasteiger partial charge in [0.1, 0.15) is 0 Å². The molecule has 2 heterocycles. The summed E-state index contributed by atoms with van der Waals surface area (Å²) in [6.07, 6.45) is 0. The summed E-state index contributed by atoms with van der Waals surface area (Å²) in [4.78, 5) is 8.57. The van der Waals surface area contributed by atoms with Crippen molar-refractivity contribution < 1.29 is 0 Å². The van der Waals surface area contributed by atoms with E-state index in [1.165, 1.54) is 0 Å². The van der Waals surface area contributed by atoms with E-state index in [-0.39, 0.29) is 0 Å². The second kappa shape index (κ2) is 8.76. The molecule has 11 heteroatoms. The Balaban J connectivity index is 1.67. The van der Waals surface area contributed by atoms with E-state index in [1.54, 1.807) is 30.1 Å². The number of aliphatic imine (C=N–C) groups is 1. The summed E-state index contributed by atoms with van der Waals surface area (Å²) in [5, 5.41) is 12.1. The number of guanidine groups is 1. The first-order valence-corrected chi connectivity index (χ1v) is 9.25. The topological polar surface area (TPSA) is 113 Å². The van der Waals surface area contributed by atoms with Crippen molar-refractivity contribution in [3.63, 3.8) is 0 Å². The highest BCUT2D eigenvalue weighted by atomic mass is 32.2. The largest absolute Gasteiger partial charge is 0.380 e. The predicted molar refractivity (Wildman–Crippen MR) is 97.1 cm³/mol. The Morgan fingerprint density at radius 1 is 1.45 bits per heavy atom. The fraction of sp³-hybridized carbons (Fsp3) is 0.455. The average Bonchev–Trinajstić information content (AvgIpc) is 3.14. The maximum absolute atomic E-state index is 5.65. The van der Waals surface area contributed by atoms with Crippen molar-refractivity contribution in [3.05, 3.63) is 11.1 Å². The van der Waals surface area contributed by atoms with E-state index >= 15 is 0 Å². The van der Waals surface area contributed by atoms with Crippen molar-refractivity contribution >= 4 is 57.6 Å². The van der Waals surface area contributed by atoms with E-state index < -0.39 is 0 Å². The molecule has 0 saturated heterocycles. The lowest BCUT2D eigenvalue weighted by Gasteiger charge is -2.04. The predicted octanol–water partition coefficient (Wildman–Crippen LogP) is 1.54. The molecule has 2 rings (SSSR count). The van der Waals surface area contributed by atoms with Crippen LogP contribution in [0.4, 0.5) is 16.8 Å². The van der Waals surface area contributed by atoms with E-state index in [9.17, 15) is 0 Å². The van der Waals surface area contributed by atoms with Gasteiger partial charge in [-0.25, -0.2) is 4.98 Å². The van der Waals surface area contributed by atoms with Crippen LogP contribution in [0.3, 0.4) is 0 Å². The molecule has 0 aliphatic carbocycles. The summed E-state index contributed by atoms with van der Waals surface area (Å²) in [5.74, 6) is 3.64. The van der Waals surface area contributed by atoms with Gasteiger partial charge in [-0.3, -0.25) is 4.99 Å². The van der Waals surface area contributed by atoms with Crippen molar-refractivity contribution in [2.75, 3.05) is 42.8 Å². The summed E-state index contributed by atoms with van der Waals surface area (Å²) < 4.78 is 7.98. The quantitative estimate of drug-likeness (QED) is 0.335. The highest BCUT2D eigenvalue weighted by Gasteiger charge is 2.05. The van der Waals surface area contributed by atoms with Gasteiger partial charge in [0.25, 0.3) is 0 Å². The molecule has 0 aromatic carbocycles. The smallest absolute Gasteiger partial charge is 0.197 e. The minimum atomic E-state index is 0.461. The third kappa shape index (κ3) is 5.00. The van der Waals surface area contributed by atoms with E-state index in [0.29, 0.717) is 17.6 Å². The third-order valence-corrected chi connectivity index (χ3v) is 4.88. The molecule has 0 fully saturated rings. The zero-order valence-electron chi connectivity index (χ0n) is 12.3. The molecule has 0 aliphatic heterocycles. The number of aromatic nitrogens is 3. The molecule has 0 unspecified atom stereocenters. The van der Waals surface area contributed by atoms with Gasteiger partial charge in [0.2, 0.25) is 0 Å². The number of thiazole rings is 1. The van der Waals surface area contributed by atoms with Crippen LogP contribution in [0.2, 0.25) is 0 Å². The van der Waals surface area contributed by atoms with Crippen molar-refractivity contribution in [1.82, 2.24) is 19.0 Å². The maximum Gasteiger partial charge on any atom is 0.197 e. The van der Waals surface area contributed by atoms with Crippen molar-refractivity contribution in [2.24, 2.45) is 4.99 Å². The number of anilines is 3. The summed E-state index contributed by atoms with van der Waals surface area (Å²) in [5.41, 5.74) is 6.70. The number of hydrogen-bond donors (Lipinski definition) is 4. The number of nitrogens with zero attached hydrogens (tertiary/aromatic N) is 4. The zero-order valence-corrected chi connectivity index (χ0v) is 14.7. The standard InChI is InChI=1S/C11H18N8S3/c1-13-10(14-2)17-11-16-7(6-21-11)5-20-4-3-15-9-8(12)18-22-19-9/h6H,3-5H2,1-2H3,(H2,12,18)(H,15,19)(H2,13,14,16,17). The van der Waals surface area contributed by atoms with Crippen molar-refractivity contribution in [1.29, 1.82) is 0 Å². The van der Waals surface area contributed by atoms with Crippen LogP contribution in [0.15, 0.2) is 10.4 Å². The van der Waals surface area contributed by atoms with Crippen LogP contribution >= 0.6 is 34.8 Å². The molecule has 0 atom stereocenters. The maximum atomic E-state index is 5.65. The SMILES string of the molecule is CN=C(NC)Nc1nc(CSCCNc2nsnc2N)cs1. The molecule has 0 saturated carbocycles. The number of nitrogens with one attached hydrogen (secondary N) is 3. The Kier molecular flexibility index (Phi) is 6.68. The fourth-order valence-corrected chi connectivity index (χ4v) is 3.52. The number of nitrogens with two attached hydrogens (primary N) is 1. The Morgan fingerprint density at radius 2 is 2.32 bits per heavy atom. The highest BCUT2D eigenvalue weighted by Crippen LogP contribution is 2.20. The lowest BCUT2D eigenvalue weighted by Crippen LogP contribution is -2.26. The van der Waals surface area contributed by atoms with Gasteiger partial charge in [-0.2, -0.15) is 20.5 Å². The van der Waals surface area contributed by atoms with Gasteiger partial charge in [0, 0.05) is 37.5 Å². The summed E-state index contributed by atoms with van der Waals surface area (Å²) in [6.45, 7) is 0.794. The normalized spacial score (nSPS) is 11.5. The van der Waals surface area contributed by atoms with Gasteiger partial charge in [-0.05, 0) is 0 Å². The second-order valence-corrected chi connectivity index (χ2v) is 6.56. The van der Waals surface area contributed by atoms with Crippen LogP contribution in [-0.4, -0.2) is 46.1 Å². The second-order valence-electron chi connectivity index (χ2n) is 4.07. The molecule has 0 bridgehead atoms. The summed E-state index contributed by atoms with van der Waals surface area (Å²) >= 11 is 4.48. The molecule has 8 nitrogen and oxygen atoms in total. The van der Waals surface area contributed by atoms with Crippen LogP contribution in [-0.2, 0) is 5.75 Å². The van der Waals surface area contributed by atoms with Gasteiger partial charge in [-0.1, -0.05) is 0 Å². The fourth-order valence-electron chi connectivity index (χ4n) is 1.50. The van der Waals surface area contributed by atoms with Crippen molar-refractivity contribution in [2.45, 2.75) is 5.75 Å². The molecular weight excluding hydrogens is 340 g/mol. The van der Waals surface area contributed by atoms with E-state index in [2.05, 4.69) is 34.7 Å². The van der Waals surface area contributed by atoms with Crippen LogP contribution in [0, 0.1) is 0 Å². The highest BCUT2D eigenvalue weighted by molar-refractivity contribution is 7.98. The van der Waals surface area contributed by atoms with E-state index in [4.69, 9.17) is 5.73 Å². The molecule has 5 N–H and O–H groups in total. The van der Waals surface area contributed by atoms with Gasteiger partial charge >= 0.3 is 0 Å². The molecule has 0 amide bonds. The van der Waals surface area contributed by atoms with Gasteiger partial charge < -0.3 is 21.7 Å². The van der Waals surface area contributed by atoms with Gasteiger partial charge in [-0.15, -0.1) is 11.3 Å². The Hall–Kier alpha value is -1.59. The average molecular weight is 359 g/mol. The van der Waals surface area contributed by atoms with Gasteiger partial charge in [0.15, 0.2) is 22.7 Å². The van der Waals surface area contributed by atoms with Crippen molar-refractivity contribution in [3.8, 4) is 0 Å². The molecule has 0 spiro atoms. The summed E-state index contributed by atoms with van der Waals surface area (Å²) in [7, 11) is 3.54. The van der Waals surface area contributed by atoms with Crippen LogP contribution < -0.4 is 21.7 Å². The molecule has 22 heavy (non-hydrogen) atoms. The van der Waals surface area contributed by atoms with Gasteiger partial charge in [0.05, 0.1) is 17.4 Å². The number of thioether (sulfide) groups is 1. The minimum absolute atomic E-state index is 0.461. The van der Waals surface area contributed by atoms with Crippen LogP contribution in [0.5, 0.6) is 0 Å². The summed E-state index contributed by atoms with van der Waals surface area (Å²) in [6, 6.07) is 0. The Bertz CT molecular complexity index is 608. The Morgan fingerprint density at radius 3 is 3.00 bits per heavy atom. The third-order valence-electron chi connectivity index (χ3n) is 2.54. The lowest BCUT2D eigenvalue weighted by atomic mass is 10.6. The lowest BCUT2D eigenvalue weighted by molar-refractivity contribution is 1.13. The Labute approximate surface area is 141 Å². The van der Waals surface area contributed by atoms with E-state index in [1.807, 2.05) is 12.4 Å². The minimum Gasteiger partial charge on any atom is -0.380 e. The molecule has 2 aromatic rings. The molecule has 0 radical (unpaired) electrons. The molecular formula is C11H18N8S3.